The Balaban J connectivity index is 1.81. The van der Waals surface area contributed by atoms with E-state index in [0.29, 0.717) is 12.0 Å². The van der Waals surface area contributed by atoms with E-state index >= 15 is 0 Å². The molecule has 8 heteroatoms. The van der Waals surface area contributed by atoms with E-state index in [-0.39, 0.29) is 29.4 Å². The zero-order valence-corrected chi connectivity index (χ0v) is 14.1. The number of aromatic amines is 1. The summed E-state index contributed by atoms with van der Waals surface area (Å²) >= 11 is 0. The molecule has 1 aliphatic carbocycles. The number of aliphatic hydroxyl groups is 1. The second-order valence-corrected chi connectivity index (χ2v) is 6.56. The van der Waals surface area contributed by atoms with Gasteiger partial charge in [0.1, 0.15) is 0 Å². The number of benzene rings is 1. The minimum Gasteiger partial charge on any atom is -0.493 e. The van der Waals surface area contributed by atoms with Crippen molar-refractivity contribution in [3.05, 3.63) is 41.2 Å². The third-order valence-electron chi connectivity index (χ3n) is 5.21. The molecule has 2 heterocycles. The van der Waals surface area contributed by atoms with Gasteiger partial charge in [0.05, 0.1) is 19.3 Å². The Morgan fingerprint density at radius 2 is 2.08 bits per heavy atom. The van der Waals surface area contributed by atoms with E-state index in [1.165, 1.54) is 13.2 Å². The quantitative estimate of drug-likeness (QED) is 0.875. The van der Waals surface area contributed by atoms with Gasteiger partial charge in [-0.05, 0) is 42.2 Å². The molecule has 0 radical (unpaired) electrons. The molecule has 0 spiro atoms. The van der Waals surface area contributed by atoms with Gasteiger partial charge in [-0.3, -0.25) is 10.1 Å². The van der Waals surface area contributed by atoms with Crippen LogP contribution in [-0.2, 0) is 0 Å². The number of rotatable bonds is 4. The number of alkyl halides is 2. The van der Waals surface area contributed by atoms with Crippen LogP contribution >= 0.6 is 0 Å². The van der Waals surface area contributed by atoms with Crippen LogP contribution in [0, 0.1) is 0 Å². The van der Waals surface area contributed by atoms with Gasteiger partial charge in [-0.2, -0.15) is 13.9 Å². The summed E-state index contributed by atoms with van der Waals surface area (Å²) in [6.45, 7) is -2.94. The van der Waals surface area contributed by atoms with E-state index in [1.807, 2.05) is 6.07 Å². The molecule has 1 aliphatic heterocycles. The molecule has 0 amide bonds. The summed E-state index contributed by atoms with van der Waals surface area (Å²) in [6, 6.07) is 5.09. The highest BCUT2D eigenvalue weighted by atomic mass is 19.3. The molecule has 2 aromatic rings. The molecule has 0 saturated heterocycles. The molecule has 26 heavy (non-hydrogen) atoms. The van der Waals surface area contributed by atoms with Crippen molar-refractivity contribution < 1.29 is 23.4 Å². The highest BCUT2D eigenvalue weighted by molar-refractivity contribution is 5.85. The zero-order chi connectivity index (χ0) is 18.3. The van der Waals surface area contributed by atoms with Gasteiger partial charge in [0, 0.05) is 29.9 Å². The van der Waals surface area contributed by atoms with Gasteiger partial charge in [-0.1, -0.05) is 0 Å². The number of H-pyrrole nitrogens is 1. The molecule has 138 valence electrons. The van der Waals surface area contributed by atoms with Crippen molar-refractivity contribution >= 4 is 6.21 Å². The maximum Gasteiger partial charge on any atom is 0.387 e. The van der Waals surface area contributed by atoms with E-state index < -0.39 is 12.7 Å². The first-order valence-electron chi connectivity index (χ1n) is 8.45. The number of hydrogen-bond acceptors (Lipinski definition) is 5. The number of aromatic nitrogens is 2. The van der Waals surface area contributed by atoms with Crippen LogP contribution in [0.3, 0.4) is 0 Å². The van der Waals surface area contributed by atoms with Gasteiger partial charge < -0.3 is 14.6 Å². The third kappa shape index (κ3) is 2.84. The highest BCUT2D eigenvalue weighted by Gasteiger charge is 2.43. The fourth-order valence-corrected chi connectivity index (χ4v) is 4.12. The topological polar surface area (TPSA) is 79.7 Å². The normalized spacial score (nSPS) is 27.1. The lowest BCUT2D eigenvalue weighted by Crippen LogP contribution is -2.39. The number of halogens is 2. The summed E-state index contributed by atoms with van der Waals surface area (Å²) in [7, 11) is 1.41. The monoisotopic (exact) mass is 363 g/mol. The fraction of sp³-hybridized carbons (Fsp3) is 0.444. The number of nitrogens with one attached hydrogen (secondary N) is 1. The SMILES string of the molecule is COc1cc2c(cc1OC(F)F)C=NC1CCC(O)C(c3ccn[nH]3)C21. The van der Waals surface area contributed by atoms with Crippen molar-refractivity contribution in [1.82, 2.24) is 10.2 Å². The molecule has 4 rings (SSSR count). The predicted octanol–water partition coefficient (Wildman–Crippen LogP) is 2.84. The molecule has 2 aliphatic rings. The summed E-state index contributed by atoms with van der Waals surface area (Å²) < 4.78 is 35.2. The van der Waals surface area contributed by atoms with E-state index in [2.05, 4.69) is 19.9 Å². The number of nitrogens with zero attached hydrogens (tertiary/aromatic N) is 2. The molecule has 0 bridgehead atoms. The maximum atomic E-state index is 12.7. The van der Waals surface area contributed by atoms with Crippen molar-refractivity contribution in [3.63, 3.8) is 0 Å². The van der Waals surface area contributed by atoms with E-state index in [4.69, 9.17) is 4.74 Å². The van der Waals surface area contributed by atoms with E-state index in [1.54, 1.807) is 18.5 Å². The van der Waals surface area contributed by atoms with Gasteiger partial charge in [0.2, 0.25) is 0 Å². The number of hydrogen-bond donors (Lipinski definition) is 2. The van der Waals surface area contributed by atoms with Crippen molar-refractivity contribution in [2.75, 3.05) is 7.11 Å². The Morgan fingerprint density at radius 1 is 1.23 bits per heavy atom. The lowest BCUT2D eigenvalue weighted by molar-refractivity contribution is -0.0512. The number of ether oxygens (including phenoxy) is 2. The van der Waals surface area contributed by atoms with Crippen LogP contribution in [0.4, 0.5) is 8.78 Å². The van der Waals surface area contributed by atoms with Crippen LogP contribution in [0.1, 0.15) is 41.5 Å². The van der Waals surface area contributed by atoms with Gasteiger partial charge >= 0.3 is 6.61 Å². The standard InChI is InChI=1S/C18H19F2N3O3/c1-25-14-7-10-9(6-15(14)26-18(19)20)8-21-11-2-3-13(24)17(16(10)11)12-4-5-22-23-12/h4-8,11,13,16-18,24H,2-3H2,1H3,(H,22,23). The van der Waals surface area contributed by atoms with Crippen LogP contribution in [0.5, 0.6) is 11.5 Å². The molecule has 1 fully saturated rings. The summed E-state index contributed by atoms with van der Waals surface area (Å²) in [4.78, 5) is 4.61. The number of aliphatic imine (C=N–C) groups is 1. The summed E-state index contributed by atoms with van der Waals surface area (Å²) in [5, 5.41) is 17.6. The van der Waals surface area contributed by atoms with Crippen LogP contribution in [0.15, 0.2) is 29.4 Å². The minimum absolute atomic E-state index is 0.00535. The largest absolute Gasteiger partial charge is 0.493 e. The summed E-state index contributed by atoms with van der Waals surface area (Å²) in [6.07, 6.45) is 4.20. The minimum atomic E-state index is -2.94. The molecule has 1 saturated carbocycles. The molecular weight excluding hydrogens is 344 g/mol. The Hall–Kier alpha value is -2.48. The molecule has 4 unspecified atom stereocenters. The van der Waals surface area contributed by atoms with Gasteiger partial charge in [0.15, 0.2) is 11.5 Å². The molecule has 2 N–H and O–H groups in total. The van der Waals surface area contributed by atoms with Crippen LogP contribution in [0.25, 0.3) is 0 Å². The first-order chi connectivity index (χ1) is 12.6. The first-order valence-corrected chi connectivity index (χ1v) is 8.45. The predicted molar refractivity (Wildman–Crippen MR) is 90.3 cm³/mol. The third-order valence-corrected chi connectivity index (χ3v) is 5.21. The maximum absolute atomic E-state index is 12.7. The molecular formula is C18H19F2N3O3. The average Bonchev–Trinajstić information content (AvgIpc) is 3.14. The summed E-state index contributed by atoms with van der Waals surface area (Å²) in [5.74, 6) is -0.102. The van der Waals surface area contributed by atoms with E-state index in [9.17, 15) is 13.9 Å². The number of fused-ring (bicyclic) bond motifs is 3. The lowest BCUT2D eigenvalue weighted by Gasteiger charge is -2.41. The van der Waals surface area contributed by atoms with Crippen LogP contribution in [-0.4, -0.2) is 47.4 Å². The highest BCUT2D eigenvalue weighted by Crippen LogP contribution is 2.49. The van der Waals surface area contributed by atoms with E-state index in [0.717, 1.165) is 17.7 Å². The second kappa shape index (κ2) is 6.68. The zero-order valence-electron chi connectivity index (χ0n) is 14.1. The molecule has 4 atom stereocenters. The van der Waals surface area contributed by atoms with Crippen LogP contribution < -0.4 is 9.47 Å². The van der Waals surface area contributed by atoms with Gasteiger partial charge in [0.25, 0.3) is 0 Å². The van der Waals surface area contributed by atoms with Crippen molar-refractivity contribution in [1.29, 1.82) is 0 Å². The van der Waals surface area contributed by atoms with Crippen molar-refractivity contribution in [3.8, 4) is 11.5 Å². The lowest BCUT2D eigenvalue weighted by atomic mass is 9.68. The van der Waals surface area contributed by atoms with Crippen LogP contribution in [0.2, 0.25) is 0 Å². The average molecular weight is 363 g/mol. The molecule has 1 aromatic carbocycles. The number of methoxy groups -OCH3 is 1. The Bertz CT molecular complexity index is 810. The fourth-order valence-electron chi connectivity index (χ4n) is 4.12. The smallest absolute Gasteiger partial charge is 0.387 e. The molecule has 1 aromatic heterocycles. The molecule has 6 nitrogen and oxygen atoms in total. The van der Waals surface area contributed by atoms with Crippen molar-refractivity contribution in [2.45, 2.75) is 43.4 Å². The second-order valence-electron chi connectivity index (χ2n) is 6.56. The van der Waals surface area contributed by atoms with Gasteiger partial charge in [-0.25, -0.2) is 0 Å². The number of aliphatic hydroxyl groups excluding tert-OH is 1. The Kier molecular flexibility index (Phi) is 4.36. The Morgan fingerprint density at radius 3 is 2.77 bits per heavy atom. The summed E-state index contributed by atoms with van der Waals surface area (Å²) in [5.41, 5.74) is 2.44. The Labute approximate surface area is 148 Å². The first kappa shape index (κ1) is 17.0. The van der Waals surface area contributed by atoms with Gasteiger partial charge in [-0.15, -0.1) is 0 Å². The van der Waals surface area contributed by atoms with Crippen molar-refractivity contribution in [2.24, 2.45) is 4.99 Å².